The Labute approximate surface area is 179 Å². The summed E-state index contributed by atoms with van der Waals surface area (Å²) in [4.78, 5) is 16.9. The number of hydrogen-bond acceptors (Lipinski definition) is 6. The maximum absolute atomic E-state index is 12.7. The zero-order chi connectivity index (χ0) is 20.3. The fraction of sp³-hybridized carbons (Fsp3) is 0.556. The number of amides is 2. The van der Waals surface area contributed by atoms with Crippen LogP contribution in [0, 0.1) is 0 Å². The van der Waals surface area contributed by atoms with Crippen molar-refractivity contribution in [2.75, 3.05) is 44.7 Å². The molecule has 0 aliphatic carbocycles. The first-order chi connectivity index (χ1) is 13.3. The highest BCUT2D eigenvalue weighted by molar-refractivity contribution is 8.24. The van der Waals surface area contributed by atoms with Crippen molar-refractivity contribution >= 4 is 51.6 Å². The number of hydrogen-bond donors (Lipinski definition) is 2. The average molecular weight is 445 g/mol. The number of nitrogens with zero attached hydrogens (tertiary/aromatic N) is 3. The number of ether oxygens (including phenoxy) is 1. The standard InChI is InChI=1S/C18H25ClN4O3S2/c1-18(2)15(23(25)16(24)20-14-5-3-4-13(19)12-14)22(17(27)28-18)7-6-21-8-10-26-11-9-21/h3-5,12,15,25H,6-11H2,1-2H3,(H,20,24)/t15-/m0/s1. The van der Waals surface area contributed by atoms with Gasteiger partial charge in [-0.1, -0.05) is 41.6 Å². The summed E-state index contributed by atoms with van der Waals surface area (Å²) in [5.41, 5.74) is 0.516. The van der Waals surface area contributed by atoms with E-state index in [9.17, 15) is 10.0 Å². The van der Waals surface area contributed by atoms with Crippen LogP contribution in [-0.4, -0.2) is 80.7 Å². The van der Waals surface area contributed by atoms with Crippen LogP contribution in [0.15, 0.2) is 24.3 Å². The maximum atomic E-state index is 12.7. The molecule has 2 amide bonds. The van der Waals surface area contributed by atoms with E-state index in [0.29, 0.717) is 21.6 Å². The van der Waals surface area contributed by atoms with Crippen LogP contribution in [0.1, 0.15) is 13.8 Å². The van der Waals surface area contributed by atoms with Crippen molar-refractivity contribution < 1.29 is 14.7 Å². The lowest BCUT2D eigenvalue weighted by molar-refractivity contribution is -0.115. The second-order valence-corrected chi connectivity index (χ2v) is 10.0. The van der Waals surface area contributed by atoms with Crippen LogP contribution in [0.3, 0.4) is 0 Å². The van der Waals surface area contributed by atoms with Crippen LogP contribution in [0.5, 0.6) is 0 Å². The molecule has 28 heavy (non-hydrogen) atoms. The van der Waals surface area contributed by atoms with Crippen molar-refractivity contribution in [3.05, 3.63) is 29.3 Å². The van der Waals surface area contributed by atoms with Gasteiger partial charge in [0.05, 0.1) is 18.0 Å². The van der Waals surface area contributed by atoms with Crippen LogP contribution in [-0.2, 0) is 4.74 Å². The van der Waals surface area contributed by atoms with Crippen LogP contribution in [0.4, 0.5) is 10.5 Å². The van der Waals surface area contributed by atoms with E-state index in [1.54, 1.807) is 24.3 Å². The summed E-state index contributed by atoms with van der Waals surface area (Å²) in [7, 11) is 0. The minimum absolute atomic E-state index is 0.456. The molecule has 0 unspecified atom stereocenters. The minimum atomic E-state index is -0.623. The lowest BCUT2D eigenvalue weighted by Gasteiger charge is -2.38. The van der Waals surface area contributed by atoms with E-state index >= 15 is 0 Å². The highest BCUT2D eigenvalue weighted by atomic mass is 35.5. The summed E-state index contributed by atoms with van der Waals surface area (Å²) < 4.78 is 5.61. The lowest BCUT2D eigenvalue weighted by atomic mass is 10.1. The fourth-order valence-corrected chi connectivity index (χ4v) is 5.50. The number of nitrogens with one attached hydrogen (secondary N) is 1. The van der Waals surface area contributed by atoms with Gasteiger partial charge >= 0.3 is 6.03 Å². The number of thiocarbonyl (C=S) groups is 1. The van der Waals surface area contributed by atoms with Gasteiger partial charge in [-0.05, 0) is 32.0 Å². The number of hydroxylamine groups is 2. The lowest BCUT2D eigenvalue weighted by Crippen LogP contribution is -2.56. The van der Waals surface area contributed by atoms with Crippen molar-refractivity contribution in [2.24, 2.45) is 0 Å². The number of anilines is 1. The number of benzene rings is 1. The first kappa shape index (κ1) is 21.6. The molecule has 2 N–H and O–H groups in total. The highest BCUT2D eigenvalue weighted by Gasteiger charge is 2.49. The average Bonchev–Trinajstić information content (AvgIpc) is 2.88. The SMILES string of the molecule is CC1(C)SC(=S)N(CCN2CCOCC2)[C@H]1N(O)C(=O)Nc1cccc(Cl)c1. The predicted molar refractivity (Wildman–Crippen MR) is 116 cm³/mol. The number of rotatable bonds is 5. The van der Waals surface area contributed by atoms with E-state index < -0.39 is 16.9 Å². The summed E-state index contributed by atoms with van der Waals surface area (Å²) in [5, 5.41) is 14.7. The molecule has 2 fully saturated rings. The Morgan fingerprint density at radius 2 is 2.14 bits per heavy atom. The Morgan fingerprint density at radius 1 is 1.43 bits per heavy atom. The monoisotopic (exact) mass is 444 g/mol. The predicted octanol–water partition coefficient (Wildman–Crippen LogP) is 3.33. The Balaban J connectivity index is 1.69. The first-order valence-electron chi connectivity index (χ1n) is 9.12. The van der Waals surface area contributed by atoms with E-state index in [1.165, 1.54) is 11.8 Å². The topological polar surface area (TPSA) is 68.3 Å². The van der Waals surface area contributed by atoms with Crippen LogP contribution >= 0.6 is 35.6 Å². The molecule has 0 spiro atoms. The van der Waals surface area contributed by atoms with Gasteiger partial charge in [-0.25, -0.2) is 4.79 Å². The van der Waals surface area contributed by atoms with Crippen molar-refractivity contribution in [1.82, 2.24) is 14.9 Å². The molecule has 10 heteroatoms. The first-order valence-corrected chi connectivity index (χ1v) is 10.7. The van der Waals surface area contributed by atoms with Gasteiger partial charge in [0.15, 0.2) is 0 Å². The molecule has 2 heterocycles. The van der Waals surface area contributed by atoms with Crippen molar-refractivity contribution in [2.45, 2.75) is 24.8 Å². The molecular weight excluding hydrogens is 420 g/mol. The molecule has 0 aromatic heterocycles. The second kappa shape index (κ2) is 9.15. The molecule has 2 aliphatic heterocycles. The van der Waals surface area contributed by atoms with Gasteiger partial charge in [-0.15, -0.1) is 0 Å². The van der Waals surface area contributed by atoms with Gasteiger partial charge < -0.3 is 15.0 Å². The maximum Gasteiger partial charge on any atom is 0.347 e. The van der Waals surface area contributed by atoms with E-state index in [1.807, 2.05) is 18.7 Å². The molecule has 1 aromatic carbocycles. The number of carbonyl (C=O) groups excluding carboxylic acids is 1. The molecule has 0 bridgehead atoms. The zero-order valence-corrected chi connectivity index (χ0v) is 18.3. The van der Waals surface area contributed by atoms with E-state index in [-0.39, 0.29) is 0 Å². The molecule has 1 aromatic rings. The number of thioether (sulfide) groups is 1. The van der Waals surface area contributed by atoms with Gasteiger partial charge in [0.1, 0.15) is 10.5 Å². The van der Waals surface area contributed by atoms with Gasteiger partial charge in [-0.3, -0.25) is 10.1 Å². The summed E-state index contributed by atoms with van der Waals surface area (Å²) in [6.45, 7) is 8.56. The van der Waals surface area contributed by atoms with Gasteiger partial charge in [0.25, 0.3) is 0 Å². The number of morpholine rings is 1. The summed E-state index contributed by atoms with van der Waals surface area (Å²) >= 11 is 13.0. The molecule has 2 aliphatic rings. The highest BCUT2D eigenvalue weighted by Crippen LogP contribution is 2.42. The quantitative estimate of drug-likeness (QED) is 0.410. The Bertz CT molecular complexity index is 731. The number of carbonyl (C=O) groups is 1. The summed E-state index contributed by atoms with van der Waals surface area (Å²) in [6, 6.07) is 6.17. The molecule has 3 rings (SSSR count). The minimum Gasteiger partial charge on any atom is -0.379 e. The van der Waals surface area contributed by atoms with Gasteiger partial charge in [0.2, 0.25) is 0 Å². The normalized spacial score (nSPS) is 22.4. The molecule has 7 nitrogen and oxygen atoms in total. The third kappa shape index (κ3) is 5.08. The smallest absolute Gasteiger partial charge is 0.347 e. The molecular formula is C18H25ClN4O3S2. The van der Waals surface area contributed by atoms with E-state index in [0.717, 1.165) is 37.9 Å². The molecule has 0 saturated carbocycles. The van der Waals surface area contributed by atoms with Crippen molar-refractivity contribution in [3.63, 3.8) is 0 Å². The van der Waals surface area contributed by atoms with Crippen LogP contribution in [0.25, 0.3) is 0 Å². The van der Waals surface area contributed by atoms with E-state index in [2.05, 4.69) is 10.2 Å². The summed E-state index contributed by atoms with van der Waals surface area (Å²) in [5.74, 6) is 0. The zero-order valence-electron chi connectivity index (χ0n) is 15.9. The fourth-order valence-electron chi connectivity index (χ4n) is 3.38. The molecule has 0 radical (unpaired) electrons. The summed E-state index contributed by atoms with van der Waals surface area (Å²) in [6.07, 6.45) is -0.578. The van der Waals surface area contributed by atoms with Crippen molar-refractivity contribution in [1.29, 1.82) is 0 Å². The molecule has 2 saturated heterocycles. The van der Waals surface area contributed by atoms with Crippen LogP contribution < -0.4 is 5.32 Å². The van der Waals surface area contributed by atoms with Crippen molar-refractivity contribution in [3.8, 4) is 0 Å². The largest absolute Gasteiger partial charge is 0.379 e. The second-order valence-electron chi connectivity index (χ2n) is 7.28. The Morgan fingerprint density at radius 3 is 2.82 bits per heavy atom. The molecule has 154 valence electrons. The number of halogens is 1. The molecule has 1 atom stereocenters. The Hall–Kier alpha value is -1.10. The Kier molecular flexibility index (Phi) is 7.06. The van der Waals surface area contributed by atoms with Crippen LogP contribution in [0.2, 0.25) is 5.02 Å². The van der Waals surface area contributed by atoms with E-state index in [4.69, 9.17) is 28.6 Å². The van der Waals surface area contributed by atoms with Gasteiger partial charge in [-0.2, -0.15) is 5.06 Å². The third-order valence-corrected chi connectivity index (χ3v) is 6.64. The number of urea groups is 1. The third-order valence-electron chi connectivity index (χ3n) is 4.78. The van der Waals surface area contributed by atoms with Gasteiger partial charge in [0, 0.05) is 36.9 Å².